The van der Waals surface area contributed by atoms with Gasteiger partial charge in [0.25, 0.3) is 0 Å². The molecule has 2 amide bonds. The number of amides is 2. The molecule has 0 spiro atoms. The number of benzene rings is 3. The number of likely N-dealkylation sites (tertiary alicyclic amines) is 1. The molecule has 2 aliphatic rings. The van der Waals surface area contributed by atoms with Gasteiger partial charge in [-0.25, -0.2) is 0 Å². The van der Waals surface area contributed by atoms with Gasteiger partial charge in [0, 0.05) is 25.7 Å². The molecule has 7 nitrogen and oxygen atoms in total. The van der Waals surface area contributed by atoms with Crippen LogP contribution in [-0.4, -0.2) is 46.9 Å². The minimum absolute atomic E-state index is 0.208. The van der Waals surface area contributed by atoms with Gasteiger partial charge >= 0.3 is 5.97 Å². The SMILES string of the molecule is O=C(O)C1NC(c2ccc(/C=C/c3ccccc3)cc2)C2C(=O)N(CCNCc3ccccc3)C(=O)C12. The van der Waals surface area contributed by atoms with E-state index in [1.165, 1.54) is 4.90 Å². The van der Waals surface area contributed by atoms with Crippen LogP contribution in [0.15, 0.2) is 84.9 Å². The molecular formula is C30H29N3O4. The summed E-state index contributed by atoms with van der Waals surface area (Å²) in [5, 5.41) is 16.1. The maximum absolute atomic E-state index is 13.4. The van der Waals surface area contributed by atoms with Crippen LogP contribution in [-0.2, 0) is 20.9 Å². The minimum atomic E-state index is -1.12. The van der Waals surface area contributed by atoms with E-state index < -0.39 is 35.8 Å². The molecule has 3 aromatic rings. The van der Waals surface area contributed by atoms with Crippen molar-refractivity contribution in [1.29, 1.82) is 0 Å². The highest BCUT2D eigenvalue weighted by atomic mass is 16.4. The lowest BCUT2D eigenvalue weighted by Gasteiger charge is -2.21. The summed E-state index contributed by atoms with van der Waals surface area (Å²) in [5.41, 5.74) is 3.97. The predicted octanol–water partition coefficient (Wildman–Crippen LogP) is 3.35. The van der Waals surface area contributed by atoms with Gasteiger partial charge in [-0.1, -0.05) is 97.1 Å². The first-order valence-electron chi connectivity index (χ1n) is 12.4. The van der Waals surface area contributed by atoms with Crippen molar-refractivity contribution in [2.45, 2.75) is 18.6 Å². The molecule has 0 aromatic heterocycles. The van der Waals surface area contributed by atoms with E-state index in [4.69, 9.17) is 0 Å². The van der Waals surface area contributed by atoms with Crippen molar-refractivity contribution < 1.29 is 19.5 Å². The Morgan fingerprint density at radius 2 is 1.43 bits per heavy atom. The molecule has 4 atom stereocenters. The summed E-state index contributed by atoms with van der Waals surface area (Å²) in [7, 11) is 0. The molecule has 4 unspecified atom stereocenters. The largest absolute Gasteiger partial charge is 0.480 e. The summed E-state index contributed by atoms with van der Waals surface area (Å²) in [5.74, 6) is -3.51. The van der Waals surface area contributed by atoms with E-state index in [-0.39, 0.29) is 12.5 Å². The zero-order valence-corrected chi connectivity index (χ0v) is 20.3. The highest BCUT2D eigenvalue weighted by Crippen LogP contribution is 2.44. The maximum Gasteiger partial charge on any atom is 0.321 e. The lowest BCUT2D eigenvalue weighted by Crippen LogP contribution is -2.44. The fourth-order valence-corrected chi connectivity index (χ4v) is 5.22. The molecule has 188 valence electrons. The van der Waals surface area contributed by atoms with Gasteiger partial charge in [-0.05, 0) is 22.3 Å². The third kappa shape index (κ3) is 5.23. The Balaban J connectivity index is 1.28. The van der Waals surface area contributed by atoms with Gasteiger partial charge in [-0.2, -0.15) is 0 Å². The average molecular weight is 496 g/mol. The number of nitrogens with zero attached hydrogens (tertiary/aromatic N) is 1. The molecule has 0 radical (unpaired) electrons. The summed E-state index contributed by atoms with van der Waals surface area (Å²) in [4.78, 5) is 39.8. The molecule has 3 aromatic carbocycles. The van der Waals surface area contributed by atoms with Crippen molar-refractivity contribution in [3.8, 4) is 0 Å². The van der Waals surface area contributed by atoms with Crippen LogP contribution in [0.3, 0.4) is 0 Å². The van der Waals surface area contributed by atoms with Gasteiger partial charge in [0.1, 0.15) is 6.04 Å². The monoisotopic (exact) mass is 495 g/mol. The number of fused-ring (bicyclic) bond motifs is 1. The third-order valence-corrected chi connectivity index (χ3v) is 7.08. The summed E-state index contributed by atoms with van der Waals surface area (Å²) >= 11 is 0. The number of hydrogen-bond donors (Lipinski definition) is 3. The lowest BCUT2D eigenvalue weighted by molar-refractivity contribution is -0.146. The molecule has 2 aliphatic heterocycles. The van der Waals surface area contributed by atoms with Gasteiger partial charge in [-0.3, -0.25) is 24.6 Å². The molecule has 0 bridgehead atoms. The summed E-state index contributed by atoms with van der Waals surface area (Å²) in [6, 6.07) is 25.8. The number of carboxylic acid groups (broad SMARTS) is 1. The molecule has 2 fully saturated rings. The molecule has 37 heavy (non-hydrogen) atoms. The van der Waals surface area contributed by atoms with Crippen molar-refractivity contribution in [1.82, 2.24) is 15.5 Å². The second-order valence-corrected chi connectivity index (χ2v) is 9.41. The summed E-state index contributed by atoms with van der Waals surface area (Å²) in [6.45, 7) is 1.26. The summed E-state index contributed by atoms with van der Waals surface area (Å²) in [6.07, 6.45) is 4.01. The van der Waals surface area contributed by atoms with Gasteiger partial charge in [0.2, 0.25) is 11.8 Å². The van der Waals surface area contributed by atoms with E-state index in [0.29, 0.717) is 13.1 Å². The maximum atomic E-state index is 13.4. The molecular weight excluding hydrogens is 466 g/mol. The van der Waals surface area contributed by atoms with Crippen LogP contribution in [0.5, 0.6) is 0 Å². The van der Waals surface area contributed by atoms with Crippen molar-refractivity contribution >= 4 is 29.9 Å². The topological polar surface area (TPSA) is 98.7 Å². The average Bonchev–Trinajstić information content (AvgIpc) is 3.44. The molecule has 0 aliphatic carbocycles. The van der Waals surface area contributed by atoms with Gasteiger partial charge in [0.05, 0.1) is 11.8 Å². The zero-order chi connectivity index (χ0) is 25.8. The van der Waals surface area contributed by atoms with Crippen molar-refractivity contribution in [3.63, 3.8) is 0 Å². The molecule has 2 heterocycles. The quantitative estimate of drug-likeness (QED) is 0.239. The Bertz CT molecular complexity index is 1290. The number of nitrogens with one attached hydrogen (secondary N) is 2. The number of imide groups is 1. The van der Waals surface area contributed by atoms with Gasteiger partial charge in [0.15, 0.2) is 0 Å². The highest BCUT2D eigenvalue weighted by molar-refractivity contribution is 6.08. The standard InChI is InChI=1S/C30H29N3O4/c34-28-24-25(29(35)33(28)18-17-31-19-22-9-5-2-6-10-22)27(30(36)37)32-26(24)23-15-13-21(14-16-23)12-11-20-7-3-1-4-8-20/h1-16,24-27,31-32H,17-19H2,(H,36,37)/b12-11+. The van der Waals surface area contributed by atoms with E-state index in [2.05, 4.69) is 10.6 Å². The fourth-order valence-electron chi connectivity index (χ4n) is 5.22. The zero-order valence-electron chi connectivity index (χ0n) is 20.3. The second-order valence-electron chi connectivity index (χ2n) is 9.41. The molecule has 7 heteroatoms. The smallest absolute Gasteiger partial charge is 0.321 e. The van der Waals surface area contributed by atoms with Crippen molar-refractivity contribution in [3.05, 3.63) is 107 Å². The van der Waals surface area contributed by atoms with Crippen LogP contribution in [0, 0.1) is 11.8 Å². The Hall–Kier alpha value is -4.07. The summed E-state index contributed by atoms with van der Waals surface area (Å²) < 4.78 is 0. The first kappa shape index (κ1) is 24.6. The number of hydrogen-bond acceptors (Lipinski definition) is 5. The number of aliphatic carboxylic acids is 1. The van der Waals surface area contributed by atoms with E-state index >= 15 is 0 Å². The van der Waals surface area contributed by atoms with E-state index in [1.54, 1.807) is 0 Å². The normalized spacial score (nSPS) is 23.1. The minimum Gasteiger partial charge on any atom is -0.480 e. The Morgan fingerprint density at radius 1 is 0.838 bits per heavy atom. The van der Waals surface area contributed by atoms with E-state index in [1.807, 2.05) is 97.1 Å². The Kier molecular flexibility index (Phi) is 7.25. The molecule has 3 N–H and O–H groups in total. The third-order valence-electron chi connectivity index (χ3n) is 7.08. The van der Waals surface area contributed by atoms with Crippen LogP contribution in [0.4, 0.5) is 0 Å². The Morgan fingerprint density at radius 3 is 2.08 bits per heavy atom. The van der Waals surface area contributed by atoms with Gasteiger partial charge in [-0.15, -0.1) is 0 Å². The van der Waals surface area contributed by atoms with Crippen molar-refractivity contribution in [2.24, 2.45) is 11.8 Å². The first-order chi connectivity index (χ1) is 18.0. The number of carbonyl (C=O) groups excluding carboxylic acids is 2. The number of carboxylic acids is 1. The van der Waals surface area contributed by atoms with Crippen LogP contribution in [0.2, 0.25) is 0 Å². The predicted molar refractivity (Wildman–Crippen MR) is 141 cm³/mol. The first-order valence-corrected chi connectivity index (χ1v) is 12.4. The van der Waals surface area contributed by atoms with Crippen molar-refractivity contribution in [2.75, 3.05) is 13.1 Å². The number of rotatable bonds is 9. The van der Waals surface area contributed by atoms with E-state index in [0.717, 1.165) is 22.3 Å². The van der Waals surface area contributed by atoms with E-state index in [9.17, 15) is 19.5 Å². The molecule has 0 saturated carbocycles. The van der Waals surface area contributed by atoms with Crippen LogP contribution < -0.4 is 10.6 Å². The second kappa shape index (κ2) is 10.9. The molecule has 5 rings (SSSR count). The van der Waals surface area contributed by atoms with Gasteiger partial charge < -0.3 is 10.4 Å². The Labute approximate surface area is 215 Å². The fraction of sp³-hybridized carbons (Fsp3) is 0.233. The number of carbonyl (C=O) groups is 3. The lowest BCUT2D eigenvalue weighted by atomic mass is 9.86. The van der Waals surface area contributed by atoms with Crippen LogP contribution in [0.25, 0.3) is 12.2 Å². The van der Waals surface area contributed by atoms with Crippen LogP contribution >= 0.6 is 0 Å². The molecule has 2 saturated heterocycles. The highest BCUT2D eigenvalue weighted by Gasteiger charge is 2.60. The van der Waals surface area contributed by atoms with Crippen LogP contribution in [0.1, 0.15) is 28.3 Å².